The van der Waals surface area contributed by atoms with Gasteiger partial charge >= 0.3 is 6.36 Å². The summed E-state index contributed by atoms with van der Waals surface area (Å²) in [4.78, 5) is 12.2. The van der Waals surface area contributed by atoms with Gasteiger partial charge in [0.05, 0.1) is 16.6 Å². The molecule has 2 aromatic carbocycles. The molecule has 0 spiro atoms. The van der Waals surface area contributed by atoms with Crippen molar-refractivity contribution in [1.29, 1.82) is 0 Å². The van der Waals surface area contributed by atoms with Crippen LogP contribution in [0.15, 0.2) is 48.7 Å². The van der Waals surface area contributed by atoms with Gasteiger partial charge in [-0.05, 0) is 79.5 Å². The highest BCUT2D eigenvalue weighted by Crippen LogP contribution is 2.43. The Bertz CT molecular complexity index is 1290. The molecule has 1 aliphatic rings. The number of nitrogens with one attached hydrogen (secondary N) is 1. The average molecular weight is 457 g/mol. The highest BCUT2D eigenvalue weighted by Gasteiger charge is 2.32. The third-order valence-corrected chi connectivity index (χ3v) is 6.79. The number of hydrogen-bond acceptors (Lipinski definition) is 3. The Labute approximate surface area is 188 Å². The monoisotopic (exact) mass is 457 g/mol. The molecule has 2 aromatic heterocycles. The highest BCUT2D eigenvalue weighted by atomic mass is 19.4. The van der Waals surface area contributed by atoms with E-state index >= 15 is 0 Å². The summed E-state index contributed by atoms with van der Waals surface area (Å²) in [5, 5.41) is 0.878. The Kier molecular flexibility index (Phi) is 5.46. The first-order chi connectivity index (χ1) is 15.8. The van der Waals surface area contributed by atoms with E-state index in [1.54, 1.807) is 24.4 Å². The zero-order valence-electron chi connectivity index (χ0n) is 18.0. The van der Waals surface area contributed by atoms with E-state index in [1.807, 2.05) is 6.07 Å². The summed E-state index contributed by atoms with van der Waals surface area (Å²) >= 11 is 0. The lowest BCUT2D eigenvalue weighted by atomic mass is 9.73. The molecule has 0 aliphatic heterocycles. The molecule has 1 saturated carbocycles. The molecule has 4 aromatic rings. The molecule has 4 nitrogen and oxygen atoms in total. The number of imidazole rings is 1. The fourth-order valence-corrected chi connectivity index (χ4v) is 5.07. The van der Waals surface area contributed by atoms with Crippen LogP contribution in [0.5, 0.6) is 5.75 Å². The molecule has 1 fully saturated rings. The molecule has 2 heterocycles. The Hall–Kier alpha value is -3.16. The number of H-pyrrole nitrogens is 1. The first-order valence-electron chi connectivity index (χ1n) is 11.1. The number of aromatic nitrogens is 3. The molecule has 0 amide bonds. The smallest absolute Gasteiger partial charge is 0.406 e. The zero-order chi connectivity index (χ0) is 23.2. The molecular weight excluding hydrogens is 434 g/mol. The molecule has 1 aliphatic carbocycles. The van der Waals surface area contributed by atoms with Gasteiger partial charge in [-0.15, -0.1) is 13.2 Å². The summed E-state index contributed by atoms with van der Waals surface area (Å²) in [6.45, 7) is 2.10. The van der Waals surface area contributed by atoms with Crippen LogP contribution in [-0.4, -0.2) is 21.3 Å². The SMILES string of the molecule is C[C@H](c1nc2cc(OC(F)(F)F)ccc2[nH]1)C1CCC(c2ccnc3ccc(F)cc23)CC1. The minimum absolute atomic E-state index is 0.136. The number of pyridine rings is 1. The largest absolute Gasteiger partial charge is 0.573 e. The summed E-state index contributed by atoms with van der Waals surface area (Å²) in [5.74, 6) is 1.12. The zero-order valence-corrected chi connectivity index (χ0v) is 18.0. The maximum Gasteiger partial charge on any atom is 0.573 e. The van der Waals surface area contributed by atoms with Crippen LogP contribution in [0.3, 0.4) is 0 Å². The number of hydrogen-bond donors (Lipinski definition) is 1. The summed E-state index contributed by atoms with van der Waals surface area (Å²) in [6.07, 6.45) is 0.998. The van der Waals surface area contributed by atoms with Gasteiger partial charge in [-0.3, -0.25) is 4.98 Å². The number of nitrogens with zero attached hydrogens (tertiary/aromatic N) is 2. The average Bonchev–Trinajstić information content (AvgIpc) is 3.20. The first kappa shape index (κ1) is 21.7. The fraction of sp³-hybridized carbons (Fsp3) is 0.360. The van der Waals surface area contributed by atoms with Crippen LogP contribution in [0.2, 0.25) is 0 Å². The van der Waals surface area contributed by atoms with Crippen molar-refractivity contribution < 1.29 is 22.3 Å². The van der Waals surface area contributed by atoms with Crippen molar-refractivity contribution >= 4 is 21.9 Å². The third kappa shape index (κ3) is 4.51. The van der Waals surface area contributed by atoms with E-state index in [-0.39, 0.29) is 17.5 Å². The molecule has 0 saturated heterocycles. The van der Waals surface area contributed by atoms with Crippen molar-refractivity contribution in [2.24, 2.45) is 5.92 Å². The van der Waals surface area contributed by atoms with Gasteiger partial charge in [-0.1, -0.05) is 6.92 Å². The minimum atomic E-state index is -4.73. The number of halogens is 4. The summed E-state index contributed by atoms with van der Waals surface area (Å²) in [5.41, 5.74) is 3.09. The number of fused-ring (bicyclic) bond motifs is 2. The van der Waals surface area contributed by atoms with Crippen LogP contribution in [0.1, 0.15) is 55.8 Å². The number of rotatable bonds is 4. The maximum atomic E-state index is 13.8. The van der Waals surface area contributed by atoms with E-state index in [0.717, 1.165) is 48.0 Å². The van der Waals surface area contributed by atoms with Crippen molar-refractivity contribution in [2.45, 2.75) is 50.8 Å². The van der Waals surface area contributed by atoms with Gasteiger partial charge in [0.1, 0.15) is 17.4 Å². The van der Waals surface area contributed by atoms with Crippen LogP contribution in [0.4, 0.5) is 17.6 Å². The van der Waals surface area contributed by atoms with Crippen LogP contribution < -0.4 is 4.74 Å². The Morgan fingerprint density at radius 2 is 1.79 bits per heavy atom. The fourth-order valence-electron chi connectivity index (χ4n) is 5.07. The Balaban J connectivity index is 1.30. The van der Waals surface area contributed by atoms with E-state index in [0.29, 0.717) is 22.9 Å². The van der Waals surface area contributed by atoms with Gasteiger partial charge in [-0.2, -0.15) is 0 Å². The van der Waals surface area contributed by atoms with Gasteiger partial charge in [0.2, 0.25) is 0 Å². The van der Waals surface area contributed by atoms with E-state index in [9.17, 15) is 17.6 Å². The minimum Gasteiger partial charge on any atom is -0.406 e. The summed E-state index contributed by atoms with van der Waals surface area (Å²) < 4.78 is 55.4. The predicted molar refractivity (Wildman–Crippen MR) is 118 cm³/mol. The molecule has 33 heavy (non-hydrogen) atoms. The molecular formula is C25H23F4N3O. The van der Waals surface area contributed by atoms with E-state index in [4.69, 9.17) is 0 Å². The van der Waals surface area contributed by atoms with Gasteiger partial charge in [0, 0.05) is 23.6 Å². The second-order valence-corrected chi connectivity index (χ2v) is 8.81. The second-order valence-electron chi connectivity index (χ2n) is 8.81. The molecule has 0 radical (unpaired) electrons. The lowest BCUT2D eigenvalue weighted by Gasteiger charge is -2.32. The van der Waals surface area contributed by atoms with Crippen LogP contribution in [0.25, 0.3) is 21.9 Å². The van der Waals surface area contributed by atoms with Gasteiger partial charge < -0.3 is 9.72 Å². The van der Waals surface area contributed by atoms with Crippen molar-refractivity contribution in [3.63, 3.8) is 0 Å². The van der Waals surface area contributed by atoms with E-state index in [1.165, 1.54) is 18.2 Å². The number of aromatic amines is 1. The molecule has 1 N–H and O–H groups in total. The number of alkyl halides is 3. The number of ether oxygens (including phenoxy) is 1. The topological polar surface area (TPSA) is 50.8 Å². The molecule has 8 heteroatoms. The summed E-state index contributed by atoms with van der Waals surface area (Å²) in [7, 11) is 0. The maximum absolute atomic E-state index is 13.8. The second kappa shape index (κ2) is 8.32. The highest BCUT2D eigenvalue weighted by molar-refractivity contribution is 5.82. The van der Waals surface area contributed by atoms with Crippen LogP contribution in [-0.2, 0) is 0 Å². The standard InChI is InChI=1S/C25H23F4N3O/c1-14(24-31-22-9-7-18(13-23(22)32-24)33-25(27,28)29)15-2-4-16(5-3-15)19-10-11-30-21-8-6-17(26)12-20(19)21/h6-16H,2-5H2,1H3,(H,31,32)/t14-,15?,16?/m0/s1. The van der Waals surface area contributed by atoms with Crippen molar-refractivity contribution in [2.75, 3.05) is 0 Å². The first-order valence-corrected chi connectivity index (χ1v) is 11.1. The molecule has 172 valence electrons. The van der Waals surface area contributed by atoms with Crippen molar-refractivity contribution in [1.82, 2.24) is 15.0 Å². The molecule has 0 unspecified atom stereocenters. The molecule has 1 atom stereocenters. The predicted octanol–water partition coefficient (Wildman–Crippen LogP) is 7.23. The van der Waals surface area contributed by atoms with Crippen LogP contribution in [0, 0.1) is 11.7 Å². The van der Waals surface area contributed by atoms with Gasteiger partial charge in [0.15, 0.2) is 0 Å². The van der Waals surface area contributed by atoms with E-state index in [2.05, 4.69) is 26.6 Å². The van der Waals surface area contributed by atoms with E-state index < -0.39 is 6.36 Å². The Morgan fingerprint density at radius 3 is 2.55 bits per heavy atom. The lowest BCUT2D eigenvalue weighted by molar-refractivity contribution is -0.274. The normalized spacial score (nSPS) is 20.3. The summed E-state index contributed by atoms with van der Waals surface area (Å²) in [6, 6.07) is 10.9. The number of benzene rings is 2. The van der Waals surface area contributed by atoms with Crippen LogP contribution >= 0.6 is 0 Å². The van der Waals surface area contributed by atoms with Gasteiger partial charge in [-0.25, -0.2) is 9.37 Å². The lowest BCUT2D eigenvalue weighted by Crippen LogP contribution is -2.19. The van der Waals surface area contributed by atoms with Crippen molar-refractivity contribution in [3.05, 3.63) is 65.9 Å². The van der Waals surface area contributed by atoms with Gasteiger partial charge in [0.25, 0.3) is 0 Å². The molecule has 5 rings (SSSR count). The Morgan fingerprint density at radius 1 is 1.00 bits per heavy atom. The van der Waals surface area contributed by atoms with Crippen molar-refractivity contribution in [3.8, 4) is 5.75 Å². The third-order valence-electron chi connectivity index (χ3n) is 6.79. The molecule has 0 bridgehead atoms. The quantitative estimate of drug-likeness (QED) is 0.329.